The Morgan fingerprint density at radius 2 is 1.68 bits per heavy atom. The molecule has 0 saturated carbocycles. The van der Waals surface area contributed by atoms with E-state index in [1.54, 1.807) is 6.07 Å². The minimum atomic E-state index is -0.639. The number of rotatable bonds is 6. The molecule has 4 heteroatoms. The molecule has 0 radical (unpaired) electrons. The number of aromatic nitrogens is 1. The van der Waals surface area contributed by atoms with Gasteiger partial charge in [0, 0.05) is 17.1 Å². The molecule has 28 heavy (non-hydrogen) atoms. The van der Waals surface area contributed by atoms with Gasteiger partial charge in [0.1, 0.15) is 18.5 Å². The van der Waals surface area contributed by atoms with Crippen LogP contribution >= 0.6 is 0 Å². The Labute approximate surface area is 163 Å². The molecule has 138 valence electrons. The zero-order valence-electron chi connectivity index (χ0n) is 15.3. The maximum absolute atomic E-state index is 10.4. The van der Waals surface area contributed by atoms with Gasteiger partial charge >= 0.3 is 0 Å². The molecule has 1 N–H and O–H groups in total. The molecule has 1 aromatic heterocycles. The Bertz CT molecular complexity index is 1110. The number of benzene rings is 3. The van der Waals surface area contributed by atoms with Crippen LogP contribution in [0.25, 0.3) is 22.0 Å². The highest BCUT2D eigenvalue weighted by Gasteiger charge is 2.09. The summed E-state index contributed by atoms with van der Waals surface area (Å²) in [5.74, 6) is 0.731. The van der Waals surface area contributed by atoms with Crippen LogP contribution in [0, 0.1) is 11.3 Å². The summed E-state index contributed by atoms with van der Waals surface area (Å²) < 4.78 is 7.72. The molecule has 1 atom stereocenters. The van der Waals surface area contributed by atoms with E-state index < -0.39 is 6.10 Å². The van der Waals surface area contributed by atoms with Crippen LogP contribution in [0.3, 0.4) is 0 Å². The number of hydrogen-bond acceptors (Lipinski definition) is 3. The lowest BCUT2D eigenvalue weighted by atomic mass is 10.1. The summed E-state index contributed by atoms with van der Waals surface area (Å²) in [5.41, 5.74) is 3.91. The van der Waals surface area contributed by atoms with Crippen molar-refractivity contribution in [2.24, 2.45) is 0 Å². The van der Waals surface area contributed by atoms with Gasteiger partial charge in [0.2, 0.25) is 0 Å². The van der Waals surface area contributed by atoms with E-state index in [9.17, 15) is 5.11 Å². The molecular weight excluding hydrogens is 348 g/mol. The van der Waals surface area contributed by atoms with Crippen molar-refractivity contribution in [2.75, 3.05) is 6.61 Å². The Kier molecular flexibility index (Phi) is 5.09. The van der Waals surface area contributed by atoms with Crippen molar-refractivity contribution in [3.05, 3.63) is 90.6 Å². The van der Waals surface area contributed by atoms with Crippen LogP contribution in [-0.4, -0.2) is 22.4 Å². The molecule has 3 aromatic carbocycles. The van der Waals surface area contributed by atoms with E-state index in [4.69, 9.17) is 10.00 Å². The zero-order valence-corrected chi connectivity index (χ0v) is 15.3. The van der Waals surface area contributed by atoms with Gasteiger partial charge in [0.25, 0.3) is 0 Å². The predicted molar refractivity (Wildman–Crippen MR) is 110 cm³/mol. The van der Waals surface area contributed by atoms with Crippen molar-refractivity contribution >= 4 is 10.9 Å². The molecule has 4 nitrogen and oxygen atoms in total. The molecule has 1 unspecified atom stereocenters. The van der Waals surface area contributed by atoms with Crippen LogP contribution in [0.15, 0.2) is 85.1 Å². The SMILES string of the molecule is N#Cc1ccc2c(ccn2CC(O)COc2ccc(-c3ccccc3)cc2)c1. The lowest BCUT2D eigenvalue weighted by Gasteiger charge is -2.14. The number of ether oxygens (including phenoxy) is 1. The first kappa shape index (κ1) is 17.8. The van der Waals surface area contributed by atoms with E-state index in [1.807, 2.05) is 71.4 Å². The van der Waals surface area contributed by atoms with Crippen LogP contribution in [0.4, 0.5) is 0 Å². The summed E-state index contributed by atoms with van der Waals surface area (Å²) in [6.07, 6.45) is 1.28. The van der Waals surface area contributed by atoms with Gasteiger partial charge in [0.05, 0.1) is 18.2 Å². The normalized spacial score (nSPS) is 11.9. The highest BCUT2D eigenvalue weighted by molar-refractivity contribution is 5.81. The Morgan fingerprint density at radius 3 is 2.43 bits per heavy atom. The first-order chi connectivity index (χ1) is 13.7. The van der Waals surface area contributed by atoms with Gasteiger partial charge in [-0.3, -0.25) is 0 Å². The highest BCUT2D eigenvalue weighted by Crippen LogP contribution is 2.22. The fourth-order valence-electron chi connectivity index (χ4n) is 3.28. The second-order valence-electron chi connectivity index (χ2n) is 6.71. The first-order valence-electron chi connectivity index (χ1n) is 9.18. The highest BCUT2D eigenvalue weighted by atomic mass is 16.5. The quantitative estimate of drug-likeness (QED) is 0.540. The molecule has 4 rings (SSSR count). The molecule has 0 spiro atoms. The van der Waals surface area contributed by atoms with Crippen molar-refractivity contribution in [3.8, 4) is 22.9 Å². The zero-order chi connectivity index (χ0) is 19.3. The number of nitriles is 1. The maximum Gasteiger partial charge on any atom is 0.119 e. The Hall–Kier alpha value is -3.55. The molecule has 0 saturated heterocycles. The van der Waals surface area contributed by atoms with Crippen LogP contribution in [0.2, 0.25) is 0 Å². The van der Waals surface area contributed by atoms with E-state index in [0.717, 1.165) is 27.8 Å². The summed E-state index contributed by atoms with van der Waals surface area (Å²) in [4.78, 5) is 0. The number of hydrogen-bond donors (Lipinski definition) is 1. The molecule has 0 fully saturated rings. The van der Waals surface area contributed by atoms with Gasteiger partial charge in [-0.15, -0.1) is 0 Å². The summed E-state index contributed by atoms with van der Waals surface area (Å²) in [6.45, 7) is 0.637. The third-order valence-electron chi connectivity index (χ3n) is 4.71. The smallest absolute Gasteiger partial charge is 0.119 e. The van der Waals surface area contributed by atoms with E-state index in [2.05, 4.69) is 18.2 Å². The van der Waals surface area contributed by atoms with Gasteiger partial charge in [-0.1, -0.05) is 42.5 Å². The molecule has 0 aliphatic carbocycles. The van der Waals surface area contributed by atoms with Gasteiger partial charge in [-0.2, -0.15) is 5.26 Å². The molecule has 0 amide bonds. The summed E-state index contributed by atoms with van der Waals surface area (Å²) >= 11 is 0. The molecule has 4 aromatic rings. The maximum atomic E-state index is 10.4. The van der Waals surface area contributed by atoms with Gasteiger partial charge in [-0.25, -0.2) is 0 Å². The predicted octanol–water partition coefficient (Wildman–Crippen LogP) is 4.62. The average molecular weight is 368 g/mol. The molecule has 0 aliphatic heterocycles. The average Bonchev–Trinajstić information content (AvgIpc) is 3.15. The van der Waals surface area contributed by atoms with Crippen molar-refractivity contribution in [3.63, 3.8) is 0 Å². The number of aliphatic hydroxyl groups excluding tert-OH is 1. The van der Waals surface area contributed by atoms with E-state index in [-0.39, 0.29) is 6.61 Å². The molecular formula is C24H20N2O2. The topological polar surface area (TPSA) is 58.2 Å². The largest absolute Gasteiger partial charge is 0.491 e. The number of fused-ring (bicyclic) bond motifs is 1. The molecule has 0 aliphatic rings. The van der Waals surface area contributed by atoms with Gasteiger partial charge in [-0.05, 0) is 47.5 Å². The van der Waals surface area contributed by atoms with E-state index >= 15 is 0 Å². The second-order valence-corrected chi connectivity index (χ2v) is 6.71. The minimum absolute atomic E-state index is 0.209. The Balaban J connectivity index is 1.37. The van der Waals surface area contributed by atoms with Crippen LogP contribution in [-0.2, 0) is 6.54 Å². The summed E-state index contributed by atoms with van der Waals surface area (Å²) in [5, 5.41) is 20.4. The van der Waals surface area contributed by atoms with Gasteiger partial charge < -0.3 is 14.4 Å². The van der Waals surface area contributed by atoms with Crippen molar-refractivity contribution in [2.45, 2.75) is 12.6 Å². The number of nitrogens with zero attached hydrogens (tertiary/aromatic N) is 2. The van der Waals surface area contributed by atoms with Crippen molar-refractivity contribution < 1.29 is 9.84 Å². The lowest BCUT2D eigenvalue weighted by Crippen LogP contribution is -2.23. The Morgan fingerprint density at radius 1 is 0.929 bits per heavy atom. The van der Waals surface area contributed by atoms with E-state index in [1.165, 1.54) is 0 Å². The monoisotopic (exact) mass is 368 g/mol. The standard InChI is InChI=1S/C24H20N2O2/c25-15-18-6-11-24-21(14-18)12-13-26(24)16-22(27)17-28-23-9-7-20(8-10-23)19-4-2-1-3-5-19/h1-14,22,27H,16-17H2. The third kappa shape index (κ3) is 3.90. The fourth-order valence-corrected chi connectivity index (χ4v) is 3.28. The third-order valence-corrected chi connectivity index (χ3v) is 4.71. The van der Waals surface area contributed by atoms with Gasteiger partial charge in [0.15, 0.2) is 0 Å². The minimum Gasteiger partial charge on any atom is -0.491 e. The first-order valence-corrected chi connectivity index (χ1v) is 9.18. The summed E-state index contributed by atoms with van der Waals surface area (Å²) in [7, 11) is 0. The number of aliphatic hydroxyl groups is 1. The van der Waals surface area contributed by atoms with Crippen LogP contribution < -0.4 is 4.74 Å². The van der Waals surface area contributed by atoms with Crippen LogP contribution in [0.1, 0.15) is 5.56 Å². The lowest BCUT2D eigenvalue weighted by molar-refractivity contribution is 0.0936. The molecule has 1 heterocycles. The summed E-state index contributed by atoms with van der Waals surface area (Å²) in [6, 6.07) is 27.7. The van der Waals surface area contributed by atoms with Crippen LogP contribution in [0.5, 0.6) is 5.75 Å². The molecule has 0 bridgehead atoms. The van der Waals surface area contributed by atoms with E-state index in [0.29, 0.717) is 12.1 Å². The van der Waals surface area contributed by atoms with Crippen molar-refractivity contribution in [1.29, 1.82) is 5.26 Å². The fraction of sp³-hybridized carbons (Fsp3) is 0.125. The van der Waals surface area contributed by atoms with Crippen molar-refractivity contribution in [1.82, 2.24) is 4.57 Å². The second kappa shape index (κ2) is 7.99.